The van der Waals surface area contributed by atoms with Crippen molar-refractivity contribution in [2.24, 2.45) is 7.05 Å². The van der Waals surface area contributed by atoms with Crippen molar-refractivity contribution in [1.82, 2.24) is 14.5 Å². The molecule has 1 aliphatic heterocycles. The largest absolute Gasteiger partial charge is 0.478 e. The number of H-pyrrole nitrogens is 1. The molecule has 144 valence electrons. The minimum Gasteiger partial charge on any atom is -0.478 e. The molecular formula is C22H23N3O3. The molecule has 1 aliphatic rings. The Morgan fingerprint density at radius 2 is 2.11 bits per heavy atom. The monoisotopic (exact) mass is 377 g/mol. The second-order valence-electron chi connectivity index (χ2n) is 7.11. The molecule has 0 radical (unpaired) electrons. The molecule has 28 heavy (non-hydrogen) atoms. The second kappa shape index (κ2) is 7.38. The first-order valence-electron chi connectivity index (χ1n) is 9.36. The average Bonchev–Trinajstić information content (AvgIpc) is 3.14. The fourth-order valence-electron chi connectivity index (χ4n) is 3.52. The van der Waals surface area contributed by atoms with Crippen LogP contribution in [0.15, 0.2) is 53.6 Å². The first kappa shape index (κ1) is 18.1. The highest BCUT2D eigenvalue weighted by Gasteiger charge is 2.20. The van der Waals surface area contributed by atoms with Gasteiger partial charge < -0.3 is 19.2 Å². The Hall–Kier alpha value is -3.28. The maximum absolute atomic E-state index is 12.5. The third-order valence-corrected chi connectivity index (χ3v) is 5.30. The molecule has 3 heterocycles. The summed E-state index contributed by atoms with van der Waals surface area (Å²) >= 11 is 0. The Kier molecular flexibility index (Phi) is 4.77. The highest BCUT2D eigenvalue weighted by atomic mass is 16.5. The Bertz CT molecular complexity index is 1120. The van der Waals surface area contributed by atoms with E-state index in [1.807, 2.05) is 32.3 Å². The van der Waals surface area contributed by atoms with Crippen LogP contribution in [0.1, 0.15) is 17.7 Å². The maximum Gasteiger partial charge on any atom is 0.260 e. The average molecular weight is 377 g/mol. The minimum absolute atomic E-state index is 0.114. The van der Waals surface area contributed by atoms with Gasteiger partial charge in [0.25, 0.3) is 5.91 Å². The second-order valence-corrected chi connectivity index (χ2v) is 7.11. The van der Waals surface area contributed by atoms with Crippen molar-refractivity contribution in [1.29, 1.82) is 0 Å². The first-order valence-corrected chi connectivity index (χ1v) is 9.36. The fraction of sp³-hybridized carbons (Fsp3) is 0.273. The van der Waals surface area contributed by atoms with Gasteiger partial charge in [-0.2, -0.15) is 0 Å². The summed E-state index contributed by atoms with van der Waals surface area (Å²) < 4.78 is 7.30. The van der Waals surface area contributed by atoms with Crippen molar-refractivity contribution in [3.05, 3.63) is 70.3 Å². The van der Waals surface area contributed by atoms with Crippen LogP contribution in [0.4, 0.5) is 0 Å². The molecule has 2 aromatic heterocycles. The zero-order valence-corrected chi connectivity index (χ0v) is 16.1. The molecule has 1 aromatic carbocycles. The van der Waals surface area contributed by atoms with E-state index in [9.17, 15) is 9.59 Å². The van der Waals surface area contributed by atoms with Gasteiger partial charge in [-0.15, -0.1) is 0 Å². The molecule has 0 fully saturated rings. The number of hydrogen-bond acceptors (Lipinski definition) is 3. The van der Waals surface area contributed by atoms with Gasteiger partial charge in [0.1, 0.15) is 0 Å². The van der Waals surface area contributed by atoms with Gasteiger partial charge >= 0.3 is 0 Å². The molecule has 4 rings (SSSR count). The standard InChI is InChI=1S/C22H23N3O3/c1-15-11-20(26)21(13-24(15)2)28-14-22(27)25-9-7-16(8-10-25)18-12-23-19-6-4-3-5-17(18)19/h3-7,11-13,23H,8-10,14H2,1-2H3. The summed E-state index contributed by atoms with van der Waals surface area (Å²) in [5.74, 6) is 0.0883. The lowest BCUT2D eigenvalue weighted by atomic mass is 9.99. The highest BCUT2D eigenvalue weighted by Crippen LogP contribution is 2.29. The summed E-state index contributed by atoms with van der Waals surface area (Å²) in [6.45, 7) is 2.90. The SMILES string of the molecule is Cc1cc(=O)c(OCC(=O)N2CC=C(c3c[nH]c4ccccc34)CC2)cn1C. The van der Waals surface area contributed by atoms with Crippen LogP contribution in [0.2, 0.25) is 0 Å². The zero-order chi connectivity index (χ0) is 19.7. The third kappa shape index (κ3) is 3.45. The number of aromatic nitrogens is 2. The minimum atomic E-state index is -0.205. The molecule has 0 spiro atoms. The quantitative estimate of drug-likeness (QED) is 0.760. The van der Waals surface area contributed by atoms with Crippen LogP contribution in [0, 0.1) is 6.92 Å². The van der Waals surface area contributed by atoms with Crippen molar-refractivity contribution in [2.75, 3.05) is 19.7 Å². The number of para-hydroxylation sites is 1. The van der Waals surface area contributed by atoms with E-state index in [1.54, 1.807) is 15.7 Å². The lowest BCUT2D eigenvalue weighted by Gasteiger charge is -2.26. The summed E-state index contributed by atoms with van der Waals surface area (Å²) in [4.78, 5) is 29.5. The van der Waals surface area contributed by atoms with E-state index in [-0.39, 0.29) is 23.7 Å². The number of aryl methyl sites for hydroxylation is 2. The van der Waals surface area contributed by atoms with Gasteiger partial charge in [0.2, 0.25) is 5.43 Å². The van der Waals surface area contributed by atoms with E-state index < -0.39 is 0 Å². The molecular weight excluding hydrogens is 354 g/mol. The molecule has 0 aliphatic carbocycles. The lowest BCUT2D eigenvalue weighted by molar-refractivity contribution is -0.132. The number of fused-ring (bicyclic) bond motifs is 1. The van der Waals surface area contributed by atoms with Crippen molar-refractivity contribution in [3.63, 3.8) is 0 Å². The van der Waals surface area contributed by atoms with Crippen molar-refractivity contribution < 1.29 is 9.53 Å². The van der Waals surface area contributed by atoms with E-state index in [4.69, 9.17) is 4.74 Å². The molecule has 1 N–H and O–H groups in total. The topological polar surface area (TPSA) is 67.3 Å². The van der Waals surface area contributed by atoms with Gasteiger partial charge in [-0.3, -0.25) is 9.59 Å². The van der Waals surface area contributed by atoms with E-state index >= 15 is 0 Å². The molecule has 0 unspecified atom stereocenters. The van der Waals surface area contributed by atoms with Crippen LogP contribution in [0.25, 0.3) is 16.5 Å². The fourth-order valence-corrected chi connectivity index (χ4v) is 3.52. The van der Waals surface area contributed by atoms with E-state index in [0.717, 1.165) is 17.6 Å². The number of ether oxygens (including phenoxy) is 1. The van der Waals surface area contributed by atoms with E-state index in [1.165, 1.54) is 22.6 Å². The summed E-state index contributed by atoms with van der Waals surface area (Å²) in [6, 6.07) is 9.72. The number of amides is 1. The Morgan fingerprint density at radius 1 is 1.29 bits per heavy atom. The van der Waals surface area contributed by atoms with Crippen molar-refractivity contribution in [2.45, 2.75) is 13.3 Å². The number of nitrogens with one attached hydrogen (secondary N) is 1. The van der Waals surface area contributed by atoms with Gasteiger partial charge in [-0.25, -0.2) is 0 Å². The molecule has 0 saturated heterocycles. The predicted molar refractivity (Wildman–Crippen MR) is 109 cm³/mol. The molecule has 6 nitrogen and oxygen atoms in total. The van der Waals surface area contributed by atoms with Gasteiger partial charge in [0.15, 0.2) is 12.4 Å². The first-order chi connectivity index (χ1) is 13.5. The van der Waals surface area contributed by atoms with E-state index in [2.05, 4.69) is 23.2 Å². The van der Waals surface area contributed by atoms with E-state index in [0.29, 0.717) is 13.1 Å². The summed E-state index contributed by atoms with van der Waals surface area (Å²) in [6.07, 6.45) is 6.54. The summed E-state index contributed by atoms with van der Waals surface area (Å²) in [5, 5.41) is 1.20. The molecule has 0 atom stereocenters. The number of hydrogen-bond donors (Lipinski definition) is 1. The smallest absolute Gasteiger partial charge is 0.260 e. The predicted octanol–water partition coefficient (Wildman–Crippen LogP) is 2.87. The van der Waals surface area contributed by atoms with Gasteiger partial charge in [0, 0.05) is 60.8 Å². The molecule has 3 aromatic rings. The summed E-state index contributed by atoms with van der Waals surface area (Å²) in [7, 11) is 1.84. The van der Waals surface area contributed by atoms with Crippen LogP contribution in [0.3, 0.4) is 0 Å². The van der Waals surface area contributed by atoms with Crippen LogP contribution in [-0.4, -0.2) is 40.1 Å². The van der Waals surface area contributed by atoms with Crippen LogP contribution in [0.5, 0.6) is 5.75 Å². The van der Waals surface area contributed by atoms with Crippen LogP contribution >= 0.6 is 0 Å². The molecule has 6 heteroatoms. The van der Waals surface area contributed by atoms with Gasteiger partial charge in [-0.05, 0) is 25.0 Å². The summed E-state index contributed by atoms with van der Waals surface area (Å²) in [5.41, 5.74) is 4.19. The van der Waals surface area contributed by atoms with Gasteiger partial charge in [-0.1, -0.05) is 24.3 Å². The Labute approximate surface area is 163 Å². The maximum atomic E-state index is 12.5. The molecule has 1 amide bonds. The number of aromatic amines is 1. The number of rotatable bonds is 4. The van der Waals surface area contributed by atoms with Crippen molar-refractivity contribution >= 4 is 22.4 Å². The number of benzene rings is 1. The molecule has 0 saturated carbocycles. The zero-order valence-electron chi connectivity index (χ0n) is 16.1. The Balaban J connectivity index is 1.41. The normalized spacial score (nSPS) is 14.2. The van der Waals surface area contributed by atoms with Crippen molar-refractivity contribution in [3.8, 4) is 5.75 Å². The number of nitrogens with zero attached hydrogens (tertiary/aromatic N) is 2. The van der Waals surface area contributed by atoms with Crippen LogP contribution < -0.4 is 10.2 Å². The number of pyridine rings is 1. The third-order valence-electron chi connectivity index (χ3n) is 5.30. The number of carbonyl (C=O) groups excluding carboxylic acids is 1. The highest BCUT2D eigenvalue weighted by molar-refractivity contribution is 5.93. The van der Waals surface area contributed by atoms with Gasteiger partial charge in [0.05, 0.1) is 0 Å². The Morgan fingerprint density at radius 3 is 2.89 bits per heavy atom. The molecule has 0 bridgehead atoms. The van der Waals surface area contributed by atoms with Crippen LogP contribution in [-0.2, 0) is 11.8 Å². The lowest BCUT2D eigenvalue weighted by Crippen LogP contribution is -2.38. The number of carbonyl (C=O) groups is 1.